The topological polar surface area (TPSA) is 72.3 Å². The molecule has 1 fully saturated rings. The van der Waals surface area contributed by atoms with Gasteiger partial charge in [0.05, 0.1) is 0 Å². The van der Waals surface area contributed by atoms with Crippen LogP contribution in [0.2, 0.25) is 0 Å². The molecule has 6 nitrogen and oxygen atoms in total. The number of aryl methyl sites for hydroxylation is 1. The summed E-state index contributed by atoms with van der Waals surface area (Å²) in [5.41, 5.74) is 6.76. The van der Waals surface area contributed by atoms with Gasteiger partial charge in [0.15, 0.2) is 0 Å². The predicted octanol–water partition coefficient (Wildman–Crippen LogP) is 1.14. The maximum absolute atomic E-state index is 5.79. The highest BCUT2D eigenvalue weighted by Gasteiger charge is 2.24. The summed E-state index contributed by atoms with van der Waals surface area (Å²) in [6.07, 6.45) is 6.63. The number of nitrogens with two attached hydrogens (primary N) is 1. The molecule has 0 unspecified atom stereocenters. The lowest BCUT2D eigenvalue weighted by molar-refractivity contribution is 0.593. The van der Waals surface area contributed by atoms with Crippen LogP contribution in [-0.2, 0) is 0 Å². The maximum atomic E-state index is 5.79. The standard InChI is InChI=1S/C13H20N6/c1-10-8-12(19-13(17-10)15-9-16-19)18(7-6-14)11-4-2-3-5-11/h8-9,11H,2-7,14H2,1H3. The van der Waals surface area contributed by atoms with E-state index in [1.807, 2.05) is 11.4 Å². The van der Waals surface area contributed by atoms with E-state index in [1.54, 1.807) is 6.33 Å². The van der Waals surface area contributed by atoms with Crippen LogP contribution >= 0.6 is 0 Å². The third-order valence-corrected chi connectivity index (χ3v) is 3.79. The van der Waals surface area contributed by atoms with Crippen molar-refractivity contribution in [1.29, 1.82) is 0 Å². The van der Waals surface area contributed by atoms with Gasteiger partial charge in [-0.1, -0.05) is 12.8 Å². The van der Waals surface area contributed by atoms with Gasteiger partial charge >= 0.3 is 0 Å². The second kappa shape index (κ2) is 5.13. The van der Waals surface area contributed by atoms with Crippen molar-refractivity contribution < 1.29 is 0 Å². The Labute approximate surface area is 112 Å². The lowest BCUT2D eigenvalue weighted by Gasteiger charge is -2.30. The normalized spacial score (nSPS) is 16.3. The van der Waals surface area contributed by atoms with E-state index in [-0.39, 0.29) is 0 Å². The largest absolute Gasteiger partial charge is 0.352 e. The molecule has 19 heavy (non-hydrogen) atoms. The molecule has 1 aliphatic rings. The first kappa shape index (κ1) is 12.3. The first-order chi connectivity index (χ1) is 9.29. The van der Waals surface area contributed by atoms with E-state index < -0.39 is 0 Å². The molecule has 0 atom stereocenters. The van der Waals surface area contributed by atoms with E-state index in [1.165, 1.54) is 25.7 Å². The molecule has 2 aromatic heterocycles. The highest BCUT2D eigenvalue weighted by atomic mass is 15.4. The second-order valence-electron chi connectivity index (χ2n) is 5.15. The van der Waals surface area contributed by atoms with Crippen LogP contribution in [0.3, 0.4) is 0 Å². The summed E-state index contributed by atoms with van der Waals surface area (Å²) in [7, 11) is 0. The molecular weight excluding hydrogens is 240 g/mol. The van der Waals surface area contributed by atoms with Crippen molar-refractivity contribution >= 4 is 11.6 Å². The smallest absolute Gasteiger partial charge is 0.254 e. The summed E-state index contributed by atoms with van der Waals surface area (Å²) in [4.78, 5) is 11.0. The fourth-order valence-electron chi connectivity index (χ4n) is 2.96. The number of anilines is 1. The van der Waals surface area contributed by atoms with Gasteiger partial charge in [0, 0.05) is 30.9 Å². The number of fused-ring (bicyclic) bond motifs is 1. The van der Waals surface area contributed by atoms with Crippen LogP contribution in [-0.4, -0.2) is 38.7 Å². The minimum absolute atomic E-state index is 0.567. The lowest BCUT2D eigenvalue weighted by atomic mass is 10.2. The van der Waals surface area contributed by atoms with Crippen LogP contribution in [0.1, 0.15) is 31.4 Å². The molecule has 0 spiro atoms. The van der Waals surface area contributed by atoms with Crippen LogP contribution in [0.15, 0.2) is 12.4 Å². The molecule has 6 heteroatoms. The van der Waals surface area contributed by atoms with E-state index in [4.69, 9.17) is 5.73 Å². The Morgan fingerprint density at radius 3 is 2.95 bits per heavy atom. The summed E-state index contributed by atoms with van der Waals surface area (Å²) < 4.78 is 1.82. The molecule has 0 radical (unpaired) electrons. The minimum atomic E-state index is 0.567. The van der Waals surface area contributed by atoms with Crippen LogP contribution in [0.4, 0.5) is 5.82 Å². The zero-order chi connectivity index (χ0) is 13.2. The van der Waals surface area contributed by atoms with Gasteiger partial charge in [0.1, 0.15) is 12.1 Å². The Bertz CT molecular complexity index is 557. The van der Waals surface area contributed by atoms with Crippen LogP contribution in [0.5, 0.6) is 0 Å². The highest BCUT2D eigenvalue weighted by molar-refractivity contribution is 5.48. The van der Waals surface area contributed by atoms with Gasteiger partial charge in [-0.25, -0.2) is 4.98 Å². The third kappa shape index (κ3) is 2.28. The monoisotopic (exact) mass is 260 g/mol. The third-order valence-electron chi connectivity index (χ3n) is 3.79. The molecule has 1 saturated carbocycles. The van der Waals surface area contributed by atoms with Crippen LogP contribution < -0.4 is 10.6 Å². The van der Waals surface area contributed by atoms with Gasteiger partial charge in [-0.2, -0.15) is 14.6 Å². The molecule has 1 aliphatic carbocycles. The molecular formula is C13H20N6. The number of nitrogens with zero attached hydrogens (tertiary/aromatic N) is 5. The Kier molecular flexibility index (Phi) is 3.33. The van der Waals surface area contributed by atoms with E-state index in [0.29, 0.717) is 18.4 Å². The molecule has 2 N–H and O–H groups in total. The Hall–Kier alpha value is -1.69. The molecule has 2 heterocycles. The zero-order valence-corrected chi connectivity index (χ0v) is 11.3. The number of aromatic nitrogens is 4. The first-order valence-corrected chi connectivity index (χ1v) is 6.93. The van der Waals surface area contributed by atoms with Crippen LogP contribution in [0, 0.1) is 6.92 Å². The van der Waals surface area contributed by atoms with Gasteiger partial charge in [0.25, 0.3) is 5.78 Å². The van der Waals surface area contributed by atoms with Gasteiger partial charge < -0.3 is 10.6 Å². The summed E-state index contributed by atoms with van der Waals surface area (Å²) in [5, 5.41) is 4.29. The molecule has 0 amide bonds. The fraction of sp³-hybridized carbons (Fsp3) is 0.615. The predicted molar refractivity (Wildman–Crippen MR) is 74.2 cm³/mol. The van der Waals surface area contributed by atoms with Crippen molar-refractivity contribution in [2.75, 3.05) is 18.0 Å². The van der Waals surface area contributed by atoms with Crippen molar-refractivity contribution in [3.05, 3.63) is 18.1 Å². The molecule has 3 rings (SSSR count). The van der Waals surface area contributed by atoms with Crippen molar-refractivity contribution in [1.82, 2.24) is 19.6 Å². The quantitative estimate of drug-likeness (QED) is 0.892. The average molecular weight is 260 g/mol. The van der Waals surface area contributed by atoms with E-state index in [0.717, 1.165) is 18.1 Å². The molecule has 102 valence electrons. The number of rotatable bonds is 4. The van der Waals surface area contributed by atoms with Crippen molar-refractivity contribution in [3.8, 4) is 0 Å². The molecule has 0 bridgehead atoms. The minimum Gasteiger partial charge on any atom is -0.352 e. The maximum Gasteiger partial charge on any atom is 0.254 e. The first-order valence-electron chi connectivity index (χ1n) is 6.93. The van der Waals surface area contributed by atoms with Gasteiger partial charge in [-0.05, 0) is 19.8 Å². The Morgan fingerprint density at radius 2 is 2.21 bits per heavy atom. The van der Waals surface area contributed by atoms with Crippen molar-refractivity contribution in [3.63, 3.8) is 0 Å². The number of hydrogen-bond donors (Lipinski definition) is 1. The summed E-state index contributed by atoms with van der Waals surface area (Å²) in [6.45, 7) is 3.49. The Morgan fingerprint density at radius 1 is 1.42 bits per heavy atom. The molecule has 2 aromatic rings. The molecule has 0 aliphatic heterocycles. The van der Waals surface area contributed by atoms with Gasteiger partial charge in [-0.15, -0.1) is 0 Å². The number of hydrogen-bond acceptors (Lipinski definition) is 5. The average Bonchev–Trinajstić information content (AvgIpc) is 3.05. The van der Waals surface area contributed by atoms with E-state index >= 15 is 0 Å². The van der Waals surface area contributed by atoms with Crippen LogP contribution in [0.25, 0.3) is 5.78 Å². The summed E-state index contributed by atoms with van der Waals surface area (Å²) in [5.74, 6) is 1.73. The lowest BCUT2D eigenvalue weighted by Crippen LogP contribution is -2.38. The van der Waals surface area contributed by atoms with Gasteiger partial charge in [-0.3, -0.25) is 0 Å². The fourth-order valence-corrected chi connectivity index (χ4v) is 2.96. The van der Waals surface area contributed by atoms with Crippen molar-refractivity contribution in [2.24, 2.45) is 5.73 Å². The van der Waals surface area contributed by atoms with Crippen molar-refractivity contribution in [2.45, 2.75) is 38.6 Å². The molecule has 0 aromatic carbocycles. The second-order valence-corrected chi connectivity index (χ2v) is 5.15. The molecule has 0 saturated heterocycles. The summed E-state index contributed by atoms with van der Waals surface area (Å²) in [6, 6.07) is 2.65. The highest BCUT2D eigenvalue weighted by Crippen LogP contribution is 2.28. The summed E-state index contributed by atoms with van der Waals surface area (Å²) >= 11 is 0. The van der Waals surface area contributed by atoms with E-state index in [9.17, 15) is 0 Å². The van der Waals surface area contributed by atoms with E-state index in [2.05, 4.69) is 26.0 Å². The SMILES string of the molecule is Cc1cc(N(CCN)C2CCCC2)n2ncnc2n1. The zero-order valence-electron chi connectivity index (χ0n) is 11.3. The van der Waals surface area contributed by atoms with Gasteiger partial charge in [0.2, 0.25) is 0 Å². The Balaban J connectivity index is 2.05.